The number of morpholine rings is 1. The van der Waals surface area contributed by atoms with Gasteiger partial charge in [0.1, 0.15) is 0 Å². The average molecular weight is 387 g/mol. The summed E-state index contributed by atoms with van der Waals surface area (Å²) in [5, 5.41) is 3.00. The predicted octanol–water partition coefficient (Wildman–Crippen LogP) is 2.69. The fourth-order valence-electron chi connectivity index (χ4n) is 2.32. The Kier molecular flexibility index (Phi) is 7.72. The summed E-state index contributed by atoms with van der Waals surface area (Å²) in [6.07, 6.45) is 0.994. The summed E-state index contributed by atoms with van der Waals surface area (Å²) in [4.78, 5) is 15.4. The SMILES string of the molecule is Cc1cc(Br)ccc1SCC(=O)NCCCN1CCOCC1. The Morgan fingerprint density at radius 3 is 2.91 bits per heavy atom. The number of halogens is 1. The lowest BCUT2D eigenvalue weighted by molar-refractivity contribution is -0.118. The first kappa shape index (κ1) is 17.8. The zero-order valence-corrected chi connectivity index (χ0v) is 15.3. The van der Waals surface area contributed by atoms with Crippen molar-refractivity contribution in [1.82, 2.24) is 10.2 Å². The molecule has 0 unspecified atom stereocenters. The van der Waals surface area contributed by atoms with Gasteiger partial charge in [-0.15, -0.1) is 11.8 Å². The molecule has 1 aromatic carbocycles. The lowest BCUT2D eigenvalue weighted by Crippen LogP contribution is -2.38. The van der Waals surface area contributed by atoms with Crippen LogP contribution in [0.4, 0.5) is 0 Å². The van der Waals surface area contributed by atoms with E-state index in [-0.39, 0.29) is 5.91 Å². The quantitative estimate of drug-likeness (QED) is 0.577. The second kappa shape index (κ2) is 9.55. The molecule has 1 aromatic rings. The van der Waals surface area contributed by atoms with Gasteiger partial charge in [-0.25, -0.2) is 0 Å². The molecule has 1 aliphatic rings. The van der Waals surface area contributed by atoms with E-state index >= 15 is 0 Å². The maximum atomic E-state index is 11.9. The highest BCUT2D eigenvalue weighted by molar-refractivity contribution is 9.10. The molecular weight excluding hydrogens is 364 g/mol. The number of hydrogen-bond acceptors (Lipinski definition) is 4. The Bertz CT molecular complexity index is 493. The second-order valence-corrected chi connectivity index (χ2v) is 7.29. The Hall–Kier alpha value is -0.560. The van der Waals surface area contributed by atoms with Gasteiger partial charge in [-0.3, -0.25) is 9.69 Å². The molecule has 1 heterocycles. The number of nitrogens with zero attached hydrogens (tertiary/aromatic N) is 1. The molecule has 1 amide bonds. The van der Waals surface area contributed by atoms with Crippen molar-refractivity contribution >= 4 is 33.6 Å². The third-order valence-electron chi connectivity index (χ3n) is 3.57. The molecule has 0 saturated carbocycles. The molecule has 0 spiro atoms. The van der Waals surface area contributed by atoms with Crippen LogP contribution in [0.5, 0.6) is 0 Å². The topological polar surface area (TPSA) is 41.6 Å². The maximum absolute atomic E-state index is 11.9. The number of nitrogens with one attached hydrogen (secondary N) is 1. The first-order valence-electron chi connectivity index (χ1n) is 7.61. The van der Waals surface area contributed by atoms with E-state index in [1.807, 2.05) is 6.07 Å². The lowest BCUT2D eigenvalue weighted by Gasteiger charge is -2.26. The zero-order chi connectivity index (χ0) is 15.8. The summed E-state index contributed by atoms with van der Waals surface area (Å²) in [5.41, 5.74) is 1.19. The molecule has 22 heavy (non-hydrogen) atoms. The minimum absolute atomic E-state index is 0.106. The van der Waals surface area contributed by atoms with E-state index in [4.69, 9.17) is 4.74 Å². The van der Waals surface area contributed by atoms with Gasteiger partial charge in [-0.1, -0.05) is 15.9 Å². The largest absolute Gasteiger partial charge is 0.379 e. The van der Waals surface area contributed by atoms with Gasteiger partial charge in [0.25, 0.3) is 0 Å². The molecule has 0 aromatic heterocycles. The number of rotatable bonds is 7. The Morgan fingerprint density at radius 2 is 2.18 bits per heavy atom. The number of ether oxygens (including phenoxy) is 1. The standard InChI is InChI=1S/C16H23BrN2O2S/c1-13-11-14(17)3-4-15(13)22-12-16(20)18-5-2-6-19-7-9-21-10-8-19/h3-4,11H,2,5-10,12H2,1H3,(H,18,20). The van der Waals surface area contributed by atoms with Crippen molar-refractivity contribution in [2.24, 2.45) is 0 Å². The molecule has 2 rings (SSSR count). The van der Waals surface area contributed by atoms with Crippen molar-refractivity contribution in [3.8, 4) is 0 Å². The van der Waals surface area contributed by atoms with Crippen LogP contribution in [0.25, 0.3) is 0 Å². The van der Waals surface area contributed by atoms with E-state index in [0.29, 0.717) is 5.75 Å². The maximum Gasteiger partial charge on any atom is 0.230 e. The second-order valence-electron chi connectivity index (χ2n) is 5.36. The minimum Gasteiger partial charge on any atom is -0.379 e. The highest BCUT2D eigenvalue weighted by Gasteiger charge is 2.10. The Morgan fingerprint density at radius 1 is 1.41 bits per heavy atom. The smallest absolute Gasteiger partial charge is 0.230 e. The van der Waals surface area contributed by atoms with Gasteiger partial charge < -0.3 is 10.1 Å². The van der Waals surface area contributed by atoms with Gasteiger partial charge >= 0.3 is 0 Å². The number of carbonyl (C=O) groups excluding carboxylic acids is 1. The van der Waals surface area contributed by atoms with E-state index in [1.165, 1.54) is 5.56 Å². The van der Waals surface area contributed by atoms with Crippen molar-refractivity contribution in [2.75, 3.05) is 45.1 Å². The Balaban J connectivity index is 1.59. The summed E-state index contributed by atoms with van der Waals surface area (Å²) in [6, 6.07) is 6.13. The van der Waals surface area contributed by atoms with E-state index < -0.39 is 0 Å². The molecule has 122 valence electrons. The van der Waals surface area contributed by atoms with Crippen LogP contribution in [0.15, 0.2) is 27.6 Å². The summed E-state index contributed by atoms with van der Waals surface area (Å²) >= 11 is 5.04. The molecule has 6 heteroatoms. The number of hydrogen-bond donors (Lipinski definition) is 1. The normalized spacial score (nSPS) is 15.7. The number of amides is 1. The first-order chi connectivity index (χ1) is 10.6. The summed E-state index contributed by atoms with van der Waals surface area (Å²) in [7, 11) is 0. The monoisotopic (exact) mass is 386 g/mol. The van der Waals surface area contributed by atoms with Gasteiger partial charge in [-0.05, 0) is 43.7 Å². The van der Waals surface area contributed by atoms with Crippen LogP contribution in [0.3, 0.4) is 0 Å². The van der Waals surface area contributed by atoms with E-state index in [2.05, 4.69) is 45.2 Å². The van der Waals surface area contributed by atoms with Crippen molar-refractivity contribution < 1.29 is 9.53 Å². The van der Waals surface area contributed by atoms with E-state index in [0.717, 1.165) is 55.2 Å². The fraction of sp³-hybridized carbons (Fsp3) is 0.562. The molecule has 0 bridgehead atoms. The van der Waals surface area contributed by atoms with Crippen LogP contribution < -0.4 is 5.32 Å². The third kappa shape index (κ3) is 6.28. The van der Waals surface area contributed by atoms with Gasteiger partial charge in [0.2, 0.25) is 5.91 Å². The first-order valence-corrected chi connectivity index (χ1v) is 9.39. The zero-order valence-electron chi connectivity index (χ0n) is 12.9. The molecule has 1 aliphatic heterocycles. The minimum atomic E-state index is 0.106. The van der Waals surface area contributed by atoms with Crippen LogP contribution in [0, 0.1) is 6.92 Å². The van der Waals surface area contributed by atoms with Crippen molar-refractivity contribution in [3.63, 3.8) is 0 Å². The number of carbonyl (C=O) groups is 1. The highest BCUT2D eigenvalue weighted by atomic mass is 79.9. The van der Waals surface area contributed by atoms with Crippen LogP contribution in [0.1, 0.15) is 12.0 Å². The highest BCUT2D eigenvalue weighted by Crippen LogP contribution is 2.24. The van der Waals surface area contributed by atoms with Crippen LogP contribution in [0.2, 0.25) is 0 Å². The molecule has 1 N–H and O–H groups in total. The molecule has 1 saturated heterocycles. The van der Waals surface area contributed by atoms with Crippen LogP contribution in [-0.4, -0.2) is 56.0 Å². The molecule has 0 radical (unpaired) electrons. The van der Waals surface area contributed by atoms with E-state index in [9.17, 15) is 4.79 Å². The number of thioether (sulfide) groups is 1. The molecular formula is C16H23BrN2O2S. The van der Waals surface area contributed by atoms with Gasteiger partial charge in [0.05, 0.1) is 19.0 Å². The van der Waals surface area contributed by atoms with Gasteiger partial charge in [0.15, 0.2) is 0 Å². The van der Waals surface area contributed by atoms with Gasteiger partial charge in [0, 0.05) is 29.0 Å². The molecule has 0 atom stereocenters. The summed E-state index contributed by atoms with van der Waals surface area (Å²) < 4.78 is 6.39. The van der Waals surface area contributed by atoms with E-state index in [1.54, 1.807) is 11.8 Å². The number of aryl methyl sites for hydroxylation is 1. The summed E-state index contributed by atoms with van der Waals surface area (Å²) in [5.74, 6) is 0.578. The lowest BCUT2D eigenvalue weighted by atomic mass is 10.2. The molecule has 1 fully saturated rings. The van der Waals surface area contributed by atoms with Crippen molar-refractivity contribution in [3.05, 3.63) is 28.2 Å². The average Bonchev–Trinajstić information content (AvgIpc) is 2.52. The molecule has 0 aliphatic carbocycles. The van der Waals surface area contributed by atoms with Crippen molar-refractivity contribution in [2.45, 2.75) is 18.2 Å². The summed E-state index contributed by atoms with van der Waals surface area (Å²) in [6.45, 7) is 7.51. The van der Waals surface area contributed by atoms with Crippen LogP contribution in [-0.2, 0) is 9.53 Å². The van der Waals surface area contributed by atoms with Crippen LogP contribution >= 0.6 is 27.7 Å². The predicted molar refractivity (Wildman–Crippen MR) is 94.5 cm³/mol. The fourth-order valence-corrected chi connectivity index (χ4v) is 3.64. The van der Waals surface area contributed by atoms with Crippen molar-refractivity contribution in [1.29, 1.82) is 0 Å². The third-order valence-corrected chi connectivity index (χ3v) is 5.24. The number of benzene rings is 1. The van der Waals surface area contributed by atoms with Gasteiger partial charge in [-0.2, -0.15) is 0 Å². The Labute approximate surface area is 145 Å². The molecule has 4 nitrogen and oxygen atoms in total.